The molecule has 23 rings (SSSR count). The lowest BCUT2D eigenvalue weighted by molar-refractivity contribution is 0.663. The first-order valence-corrected chi connectivity index (χ1v) is 35.7. The highest BCUT2D eigenvalue weighted by Gasteiger charge is 2.26. The van der Waals surface area contributed by atoms with Crippen molar-refractivity contribution in [1.82, 2.24) is 0 Å². The fraction of sp³-hybridized carbons (Fsp3) is 0. The molecule has 480 valence electrons. The Labute approximate surface area is 594 Å². The summed E-state index contributed by atoms with van der Waals surface area (Å²) in [4.78, 5) is 0. The van der Waals surface area contributed by atoms with E-state index in [0.29, 0.717) is 0 Å². The summed E-state index contributed by atoms with van der Waals surface area (Å²) in [6, 6.07) is 124. The monoisotopic (exact) mass is 1320 g/mol. The molecule has 23 aromatic rings. The molecule has 0 unspecified atom stereocenters. The van der Waals surface area contributed by atoms with Crippen LogP contribution >= 0.6 is 0 Å². The zero-order chi connectivity index (χ0) is 67.8. The van der Waals surface area contributed by atoms with Gasteiger partial charge in [0, 0.05) is 48.7 Å². The smallest absolute Gasteiger partial charge is 0.144 e. The number of hydrogen-bond donors (Lipinski definition) is 0. The molecule has 4 nitrogen and oxygen atoms in total. The minimum atomic E-state index is 0.818. The van der Waals surface area contributed by atoms with Gasteiger partial charge in [-0.2, -0.15) is 0 Å². The second-order valence-corrected chi connectivity index (χ2v) is 27.9. The van der Waals surface area contributed by atoms with Crippen molar-refractivity contribution in [3.63, 3.8) is 0 Å². The molecule has 0 aliphatic rings. The third-order valence-corrected chi connectivity index (χ3v) is 22.4. The molecule has 0 saturated heterocycles. The van der Waals surface area contributed by atoms with E-state index in [-0.39, 0.29) is 0 Å². The third kappa shape index (κ3) is 8.36. The van der Waals surface area contributed by atoms with E-state index in [1.54, 1.807) is 0 Å². The lowest BCUT2D eigenvalue weighted by atomic mass is 9.83. The van der Waals surface area contributed by atoms with Crippen LogP contribution in [0.3, 0.4) is 0 Å². The Morgan fingerprint density at radius 3 is 1.02 bits per heavy atom. The van der Waals surface area contributed by atoms with E-state index in [0.717, 1.165) is 126 Å². The summed E-state index contributed by atoms with van der Waals surface area (Å²) in [5.41, 5.74) is 22.9. The average molecular weight is 1320 g/mol. The Morgan fingerprint density at radius 2 is 0.481 bits per heavy atom. The van der Waals surface area contributed by atoms with Crippen LogP contribution in [-0.2, 0) is 0 Å². The Balaban J connectivity index is 0.657. The van der Waals surface area contributed by atoms with Crippen LogP contribution in [0.5, 0.6) is 0 Å². The minimum absolute atomic E-state index is 0.818. The van der Waals surface area contributed by atoms with Crippen molar-refractivity contribution in [2.75, 3.05) is 0 Å². The predicted octanol–water partition coefficient (Wildman–Crippen LogP) is 29.0. The van der Waals surface area contributed by atoms with Gasteiger partial charge in [0.15, 0.2) is 0 Å². The lowest BCUT2D eigenvalue weighted by Gasteiger charge is -2.20. The molecule has 0 saturated carbocycles. The van der Waals surface area contributed by atoms with E-state index in [9.17, 15) is 0 Å². The van der Waals surface area contributed by atoms with Gasteiger partial charge in [0.1, 0.15) is 44.7 Å². The zero-order valence-corrected chi connectivity index (χ0v) is 56.0. The first-order chi connectivity index (χ1) is 51.5. The number of para-hydroxylation sites is 2. The molecule has 0 fully saturated rings. The summed E-state index contributed by atoms with van der Waals surface area (Å²) in [6.07, 6.45) is 0. The lowest BCUT2D eigenvalue weighted by Crippen LogP contribution is -1.92. The van der Waals surface area contributed by atoms with Crippen LogP contribution in [0.2, 0.25) is 0 Å². The maximum atomic E-state index is 7.26. The molecule has 0 radical (unpaired) electrons. The van der Waals surface area contributed by atoms with E-state index in [1.165, 1.54) is 115 Å². The average Bonchev–Trinajstić information content (AvgIpc) is 1.02. The summed E-state index contributed by atoms with van der Waals surface area (Å²) >= 11 is 0. The largest absolute Gasteiger partial charge is 0.456 e. The van der Waals surface area contributed by atoms with Gasteiger partial charge >= 0.3 is 0 Å². The number of fused-ring (bicyclic) bond motifs is 21. The summed E-state index contributed by atoms with van der Waals surface area (Å²) in [5, 5.41) is 25.2. The Morgan fingerprint density at radius 1 is 0.144 bits per heavy atom. The van der Waals surface area contributed by atoms with E-state index < -0.39 is 0 Å². The van der Waals surface area contributed by atoms with Crippen molar-refractivity contribution < 1.29 is 17.7 Å². The minimum Gasteiger partial charge on any atom is -0.456 e. The summed E-state index contributed by atoms with van der Waals surface area (Å²) < 4.78 is 27.2. The van der Waals surface area contributed by atoms with Gasteiger partial charge in [-0.15, -0.1) is 0 Å². The zero-order valence-electron chi connectivity index (χ0n) is 56.0. The molecule has 4 heteroatoms. The van der Waals surface area contributed by atoms with Crippen LogP contribution in [0, 0.1) is 0 Å². The predicted molar refractivity (Wildman–Crippen MR) is 436 cm³/mol. The van der Waals surface area contributed by atoms with Crippen LogP contribution in [-0.4, -0.2) is 0 Å². The molecular formula is C100H56O4. The first-order valence-electron chi connectivity index (χ1n) is 35.7. The number of rotatable bonds is 7. The van der Waals surface area contributed by atoms with Crippen LogP contribution < -0.4 is 0 Å². The van der Waals surface area contributed by atoms with Gasteiger partial charge in [-0.3, -0.25) is 0 Å². The molecule has 4 heterocycles. The van der Waals surface area contributed by atoms with Gasteiger partial charge in [-0.1, -0.05) is 261 Å². The highest BCUT2D eigenvalue weighted by Crippen LogP contribution is 2.52. The van der Waals surface area contributed by atoms with Gasteiger partial charge in [0.2, 0.25) is 0 Å². The second-order valence-electron chi connectivity index (χ2n) is 27.9. The Bertz CT molecular complexity index is 7550. The third-order valence-electron chi connectivity index (χ3n) is 22.4. The van der Waals surface area contributed by atoms with Crippen LogP contribution in [0.1, 0.15) is 0 Å². The molecule has 0 N–H and O–H groups in total. The van der Waals surface area contributed by atoms with Crippen molar-refractivity contribution in [3.05, 3.63) is 340 Å². The molecular weight excluding hydrogens is 1270 g/mol. The van der Waals surface area contributed by atoms with Crippen molar-refractivity contribution in [1.29, 1.82) is 0 Å². The maximum Gasteiger partial charge on any atom is 0.144 e. The molecule has 0 atom stereocenters. The molecule has 0 spiro atoms. The molecule has 4 aromatic heterocycles. The van der Waals surface area contributed by atoms with Gasteiger partial charge in [0.05, 0.1) is 0 Å². The topological polar surface area (TPSA) is 52.6 Å². The second kappa shape index (κ2) is 21.9. The van der Waals surface area contributed by atoms with Crippen molar-refractivity contribution in [3.8, 4) is 77.9 Å². The van der Waals surface area contributed by atoms with Crippen molar-refractivity contribution in [2.24, 2.45) is 0 Å². The van der Waals surface area contributed by atoms with E-state index in [1.807, 2.05) is 24.3 Å². The molecule has 19 aromatic carbocycles. The maximum absolute atomic E-state index is 7.26. The molecule has 0 aliphatic heterocycles. The van der Waals surface area contributed by atoms with Gasteiger partial charge in [0.25, 0.3) is 0 Å². The van der Waals surface area contributed by atoms with Gasteiger partial charge in [-0.05, 0) is 227 Å². The molecule has 104 heavy (non-hydrogen) atoms. The van der Waals surface area contributed by atoms with Gasteiger partial charge < -0.3 is 17.7 Å². The molecule has 0 aliphatic carbocycles. The van der Waals surface area contributed by atoms with Crippen LogP contribution in [0.15, 0.2) is 357 Å². The van der Waals surface area contributed by atoms with Crippen molar-refractivity contribution in [2.45, 2.75) is 0 Å². The number of furan rings is 4. The molecule has 0 bridgehead atoms. The standard InChI is InChI=1S/C100H56O4/c1-2-18-57(19-3-1)60-38-34-58-37-41-63(53-66(58)50-60)92-71-22-6-8-24-73(71)93(74-25-9-7-23-72(74)92)65-43-47-88-84(55-65)99-97-81-31-15-17-33-86(81)103-91(97)56-82(100(99)104-88)62-40-36-59-35-39-61(51-67(59)52-62)68-44-45-79(70-21-5-4-20-69(68)70)95-77-28-12-10-26-75(77)94(76-27-11-13-29-78(76)95)64-42-46-87-83(54-64)98-90(102-87)49-48-89-96(98)80-30-14-16-32-85(80)101-89/h1-56H. The fourth-order valence-corrected chi connectivity index (χ4v) is 17.8. The first kappa shape index (κ1) is 57.0. The Hall–Kier alpha value is -13.8. The van der Waals surface area contributed by atoms with Gasteiger partial charge in [-0.25, -0.2) is 0 Å². The normalized spacial score (nSPS) is 12.2. The van der Waals surface area contributed by atoms with Crippen LogP contribution in [0.25, 0.3) is 241 Å². The summed E-state index contributed by atoms with van der Waals surface area (Å²) in [5.74, 6) is 0. The number of hydrogen-bond acceptors (Lipinski definition) is 4. The van der Waals surface area contributed by atoms with E-state index >= 15 is 0 Å². The van der Waals surface area contributed by atoms with Crippen molar-refractivity contribution >= 4 is 163 Å². The van der Waals surface area contributed by atoms with Crippen LogP contribution in [0.4, 0.5) is 0 Å². The number of benzene rings is 19. The quantitative estimate of drug-likeness (QED) is 0.149. The van der Waals surface area contributed by atoms with E-state index in [4.69, 9.17) is 17.7 Å². The summed E-state index contributed by atoms with van der Waals surface area (Å²) in [7, 11) is 0. The summed E-state index contributed by atoms with van der Waals surface area (Å²) in [6.45, 7) is 0. The SMILES string of the molecule is c1ccc(-c2ccc3ccc(-c4c5ccccc5c(-c5ccc6oc7c(-c8ccc9ccc(-c%10ccc(-c%11c%12ccccc%12c(-c%12ccc%13oc%14ccc%15oc%16ccccc%16c%15c%14c%13c%12)c%12ccccc%11%12)c%11ccccc%10%11)cc9c8)cc8oc9ccccc9c8c7c6c5)c5ccccc45)cc3c2)cc1. The fourth-order valence-electron chi connectivity index (χ4n) is 17.8. The Kier molecular flexibility index (Phi) is 12.0. The highest BCUT2D eigenvalue weighted by atomic mass is 16.3. The highest BCUT2D eigenvalue weighted by molar-refractivity contribution is 6.32. The molecule has 0 amide bonds. The van der Waals surface area contributed by atoms with E-state index in [2.05, 4.69) is 315 Å².